The summed E-state index contributed by atoms with van der Waals surface area (Å²) in [5.74, 6) is 1.42. The van der Waals surface area contributed by atoms with Crippen LogP contribution in [0.2, 0.25) is 0 Å². The van der Waals surface area contributed by atoms with E-state index >= 15 is 0 Å². The van der Waals surface area contributed by atoms with Crippen molar-refractivity contribution in [2.45, 2.75) is 40.3 Å². The molecule has 114 valence electrons. The fraction of sp³-hybridized carbons (Fsp3) is 0.375. The van der Waals surface area contributed by atoms with E-state index in [2.05, 4.69) is 47.0 Å². The van der Waals surface area contributed by atoms with E-state index in [0.717, 1.165) is 29.5 Å². The second-order valence-electron chi connectivity index (χ2n) is 5.50. The van der Waals surface area contributed by atoms with Gasteiger partial charge in [0.05, 0.1) is 0 Å². The molecule has 0 fully saturated rings. The highest BCUT2D eigenvalue weighted by Gasteiger charge is 2.17. The highest BCUT2D eigenvalue weighted by Crippen LogP contribution is 2.22. The first-order valence-corrected chi connectivity index (χ1v) is 7.53. The first-order valence-electron chi connectivity index (χ1n) is 7.53. The van der Waals surface area contributed by atoms with Crippen molar-refractivity contribution < 1.29 is 0 Å². The van der Waals surface area contributed by atoms with Crippen molar-refractivity contribution in [3.05, 3.63) is 36.2 Å². The third kappa shape index (κ3) is 2.52. The number of pyridine rings is 1. The van der Waals surface area contributed by atoms with Gasteiger partial charge < -0.3 is 0 Å². The van der Waals surface area contributed by atoms with E-state index in [-0.39, 0.29) is 0 Å². The van der Waals surface area contributed by atoms with Crippen LogP contribution in [0.4, 0.5) is 0 Å². The van der Waals surface area contributed by atoms with Crippen LogP contribution in [0, 0.1) is 6.92 Å². The summed E-state index contributed by atoms with van der Waals surface area (Å²) < 4.78 is 3.88. The van der Waals surface area contributed by atoms with E-state index in [4.69, 9.17) is 0 Å². The van der Waals surface area contributed by atoms with Crippen LogP contribution in [0.3, 0.4) is 0 Å². The molecule has 0 unspecified atom stereocenters. The average Bonchev–Trinajstić information content (AvgIpc) is 3.11. The van der Waals surface area contributed by atoms with Gasteiger partial charge in [0.15, 0.2) is 11.6 Å². The highest BCUT2D eigenvalue weighted by molar-refractivity contribution is 5.56. The van der Waals surface area contributed by atoms with Gasteiger partial charge in [-0.05, 0) is 45.9 Å². The molecule has 0 aliphatic rings. The zero-order chi connectivity index (χ0) is 15.7. The van der Waals surface area contributed by atoms with Gasteiger partial charge in [-0.1, -0.05) is 6.07 Å². The van der Waals surface area contributed by atoms with Crippen LogP contribution in [0.1, 0.15) is 32.5 Å². The lowest BCUT2D eigenvalue weighted by Crippen LogP contribution is -2.05. The van der Waals surface area contributed by atoms with E-state index in [1.165, 1.54) is 0 Å². The predicted molar refractivity (Wildman–Crippen MR) is 85.3 cm³/mol. The van der Waals surface area contributed by atoms with Gasteiger partial charge in [-0.25, -0.2) is 9.67 Å². The van der Waals surface area contributed by atoms with Gasteiger partial charge in [0.1, 0.15) is 11.4 Å². The van der Waals surface area contributed by atoms with Crippen molar-refractivity contribution in [2.24, 2.45) is 0 Å². The van der Waals surface area contributed by atoms with Crippen LogP contribution in [0.5, 0.6) is 0 Å². The molecule has 0 aliphatic heterocycles. The zero-order valence-electron chi connectivity index (χ0n) is 13.4. The minimum absolute atomic E-state index is 0.321. The van der Waals surface area contributed by atoms with E-state index in [1.54, 1.807) is 6.20 Å². The van der Waals surface area contributed by atoms with Gasteiger partial charge in [-0.15, -0.1) is 5.10 Å². The summed E-state index contributed by atoms with van der Waals surface area (Å²) in [6.45, 7) is 9.08. The Kier molecular flexibility index (Phi) is 3.75. The van der Waals surface area contributed by atoms with Gasteiger partial charge in [0, 0.05) is 24.5 Å². The van der Waals surface area contributed by atoms with E-state index in [1.807, 2.05) is 34.5 Å². The number of nitrogens with zero attached hydrogens (tertiary/aromatic N) is 6. The monoisotopic (exact) mass is 296 g/mol. The van der Waals surface area contributed by atoms with Crippen LogP contribution in [-0.4, -0.2) is 29.5 Å². The standard InChI is InChI=1S/C16H20N6/c1-5-21-16(14-10-12(4)22(19-14)11(2)3)18-15(20-21)13-8-6-7-9-17-13/h6-11H,5H2,1-4H3. The van der Waals surface area contributed by atoms with Crippen LogP contribution in [0.25, 0.3) is 23.0 Å². The number of aryl methyl sites for hydroxylation is 2. The summed E-state index contributed by atoms with van der Waals surface area (Å²) in [5.41, 5.74) is 2.74. The molecule has 0 spiro atoms. The molecular weight excluding hydrogens is 276 g/mol. The molecule has 0 N–H and O–H groups in total. The van der Waals surface area contributed by atoms with Gasteiger partial charge in [0.25, 0.3) is 0 Å². The van der Waals surface area contributed by atoms with E-state index in [0.29, 0.717) is 11.9 Å². The predicted octanol–water partition coefficient (Wildman–Crippen LogP) is 3.11. The third-order valence-corrected chi connectivity index (χ3v) is 3.51. The lowest BCUT2D eigenvalue weighted by Gasteiger charge is -2.06. The summed E-state index contributed by atoms with van der Waals surface area (Å²) in [6.07, 6.45) is 1.75. The van der Waals surface area contributed by atoms with E-state index in [9.17, 15) is 0 Å². The van der Waals surface area contributed by atoms with Crippen molar-refractivity contribution >= 4 is 0 Å². The zero-order valence-corrected chi connectivity index (χ0v) is 13.4. The molecule has 6 nitrogen and oxygen atoms in total. The Bertz CT molecular complexity index is 769. The lowest BCUT2D eigenvalue weighted by atomic mass is 10.3. The Hall–Kier alpha value is -2.50. The lowest BCUT2D eigenvalue weighted by molar-refractivity contribution is 0.519. The molecule has 0 aliphatic carbocycles. The smallest absolute Gasteiger partial charge is 0.200 e. The molecule has 3 rings (SSSR count). The molecule has 22 heavy (non-hydrogen) atoms. The molecule has 0 atom stereocenters. The summed E-state index contributed by atoms with van der Waals surface area (Å²) in [5, 5.41) is 9.22. The summed E-state index contributed by atoms with van der Waals surface area (Å²) in [6, 6.07) is 8.11. The van der Waals surface area contributed by atoms with Crippen molar-refractivity contribution in [1.29, 1.82) is 0 Å². The molecule has 0 aromatic carbocycles. The number of rotatable bonds is 4. The van der Waals surface area contributed by atoms with E-state index < -0.39 is 0 Å². The quantitative estimate of drug-likeness (QED) is 0.742. The molecule has 0 radical (unpaired) electrons. The van der Waals surface area contributed by atoms with Crippen molar-refractivity contribution in [3.8, 4) is 23.0 Å². The van der Waals surface area contributed by atoms with Gasteiger partial charge >= 0.3 is 0 Å². The topological polar surface area (TPSA) is 61.4 Å². The van der Waals surface area contributed by atoms with Gasteiger partial charge in [-0.2, -0.15) is 5.10 Å². The largest absolute Gasteiger partial charge is 0.267 e. The Balaban J connectivity index is 2.07. The molecular formula is C16H20N6. The maximum atomic E-state index is 4.67. The Morgan fingerprint density at radius 2 is 1.95 bits per heavy atom. The molecule has 0 saturated heterocycles. The van der Waals surface area contributed by atoms with Crippen molar-refractivity contribution in [1.82, 2.24) is 29.5 Å². The van der Waals surface area contributed by atoms with Crippen molar-refractivity contribution in [2.75, 3.05) is 0 Å². The third-order valence-electron chi connectivity index (χ3n) is 3.51. The van der Waals surface area contributed by atoms with Crippen LogP contribution < -0.4 is 0 Å². The molecule has 0 amide bonds. The SMILES string of the molecule is CCn1nc(-c2ccccn2)nc1-c1cc(C)n(C(C)C)n1. The minimum Gasteiger partial charge on any atom is -0.267 e. The molecule has 0 bridgehead atoms. The molecule has 3 aromatic heterocycles. The molecule has 3 heterocycles. The van der Waals surface area contributed by atoms with Gasteiger partial charge in [0.2, 0.25) is 0 Å². The number of hydrogen-bond acceptors (Lipinski definition) is 4. The first-order chi connectivity index (χ1) is 10.6. The van der Waals surface area contributed by atoms with Crippen LogP contribution >= 0.6 is 0 Å². The Morgan fingerprint density at radius 3 is 2.55 bits per heavy atom. The van der Waals surface area contributed by atoms with Crippen LogP contribution in [-0.2, 0) is 6.54 Å². The Labute approximate surface area is 129 Å². The summed E-state index contributed by atoms with van der Waals surface area (Å²) in [4.78, 5) is 8.97. The average molecular weight is 296 g/mol. The second kappa shape index (κ2) is 5.71. The van der Waals surface area contributed by atoms with Crippen molar-refractivity contribution in [3.63, 3.8) is 0 Å². The van der Waals surface area contributed by atoms with Crippen LogP contribution in [0.15, 0.2) is 30.5 Å². The summed E-state index contributed by atoms with van der Waals surface area (Å²) >= 11 is 0. The highest BCUT2D eigenvalue weighted by atomic mass is 15.4. The second-order valence-corrected chi connectivity index (χ2v) is 5.50. The number of aromatic nitrogens is 6. The molecule has 6 heteroatoms. The first kappa shape index (κ1) is 14.4. The minimum atomic E-state index is 0.321. The normalized spacial score (nSPS) is 11.3. The maximum Gasteiger partial charge on any atom is 0.200 e. The Morgan fingerprint density at radius 1 is 1.14 bits per heavy atom. The fourth-order valence-corrected chi connectivity index (χ4v) is 2.48. The maximum absolute atomic E-state index is 4.67. The number of hydrogen-bond donors (Lipinski definition) is 0. The summed E-state index contributed by atoms with van der Waals surface area (Å²) in [7, 11) is 0. The fourth-order valence-electron chi connectivity index (χ4n) is 2.48. The van der Waals surface area contributed by atoms with Gasteiger partial charge in [-0.3, -0.25) is 9.67 Å². The molecule has 3 aromatic rings. The molecule has 0 saturated carbocycles.